The Labute approximate surface area is 188 Å². The minimum Gasteiger partial charge on any atom is -0.493 e. The van der Waals surface area contributed by atoms with Crippen LogP contribution >= 0.6 is 0 Å². The van der Waals surface area contributed by atoms with E-state index in [0.717, 1.165) is 25.9 Å². The van der Waals surface area contributed by atoms with Crippen molar-refractivity contribution in [1.29, 1.82) is 0 Å². The lowest BCUT2D eigenvalue weighted by atomic mass is 10.1. The van der Waals surface area contributed by atoms with E-state index in [1.165, 1.54) is 25.7 Å². The van der Waals surface area contributed by atoms with Gasteiger partial charge in [-0.2, -0.15) is 0 Å². The molecule has 0 N–H and O–H groups in total. The summed E-state index contributed by atoms with van der Waals surface area (Å²) in [4.78, 5) is 42.6. The second kappa shape index (κ2) is 10.6. The first-order chi connectivity index (χ1) is 15.4. The molecular weight excluding hydrogens is 416 g/mol. The fourth-order valence-corrected chi connectivity index (χ4v) is 4.32. The molecule has 0 radical (unpaired) electrons. The van der Waals surface area contributed by atoms with Crippen LogP contribution in [0.25, 0.3) is 0 Å². The summed E-state index contributed by atoms with van der Waals surface area (Å²) in [5.41, 5.74) is -0.337. The van der Waals surface area contributed by atoms with Crippen molar-refractivity contribution < 1.29 is 24.0 Å². The molecule has 0 saturated carbocycles. The Kier molecular flexibility index (Phi) is 7.89. The van der Waals surface area contributed by atoms with E-state index in [1.807, 2.05) is 11.8 Å². The standard InChI is InChI=1S/C22H32N4O6/c1-4-32-20-14-17(18(26(29)30)15-19(20)31-3)22(28)25-12-10-23(11-13-25)16(2)21(27)24-8-6-5-7-9-24/h14-16H,4-13H2,1-3H3. The Morgan fingerprint density at radius 2 is 1.69 bits per heavy atom. The summed E-state index contributed by atoms with van der Waals surface area (Å²) >= 11 is 0. The number of hydrogen-bond donors (Lipinski definition) is 0. The van der Waals surface area contributed by atoms with Crippen molar-refractivity contribution in [1.82, 2.24) is 14.7 Å². The van der Waals surface area contributed by atoms with Gasteiger partial charge in [-0.05, 0) is 33.1 Å². The number of methoxy groups -OCH3 is 1. The number of hydrogen-bond acceptors (Lipinski definition) is 7. The molecule has 1 atom stereocenters. The molecule has 0 aromatic heterocycles. The van der Waals surface area contributed by atoms with E-state index in [-0.39, 0.29) is 28.9 Å². The summed E-state index contributed by atoms with van der Waals surface area (Å²) in [5, 5.41) is 11.6. The molecule has 10 nitrogen and oxygen atoms in total. The Hall–Kier alpha value is -2.88. The van der Waals surface area contributed by atoms with Gasteiger partial charge in [-0.3, -0.25) is 24.6 Å². The van der Waals surface area contributed by atoms with E-state index >= 15 is 0 Å². The summed E-state index contributed by atoms with van der Waals surface area (Å²) in [5.74, 6) is 0.222. The van der Waals surface area contributed by atoms with Crippen molar-refractivity contribution in [2.24, 2.45) is 0 Å². The Bertz CT molecular complexity index is 847. The average molecular weight is 449 g/mol. The summed E-state index contributed by atoms with van der Waals surface area (Å²) < 4.78 is 10.7. The molecule has 1 aromatic carbocycles. The highest BCUT2D eigenvalue weighted by Gasteiger charge is 2.33. The number of carbonyl (C=O) groups is 2. The topological polar surface area (TPSA) is 105 Å². The molecular formula is C22H32N4O6. The molecule has 2 aliphatic rings. The van der Waals surface area contributed by atoms with Crippen molar-refractivity contribution in [3.63, 3.8) is 0 Å². The maximum absolute atomic E-state index is 13.2. The molecule has 2 amide bonds. The normalized spacial score (nSPS) is 18.2. The molecule has 3 rings (SSSR count). The number of benzene rings is 1. The lowest BCUT2D eigenvalue weighted by molar-refractivity contribution is -0.385. The van der Waals surface area contributed by atoms with E-state index in [1.54, 1.807) is 11.8 Å². The van der Waals surface area contributed by atoms with Gasteiger partial charge in [0.1, 0.15) is 5.56 Å². The van der Waals surface area contributed by atoms with Crippen LogP contribution in [0.3, 0.4) is 0 Å². The van der Waals surface area contributed by atoms with Gasteiger partial charge in [-0.15, -0.1) is 0 Å². The first-order valence-electron chi connectivity index (χ1n) is 11.2. The zero-order valence-electron chi connectivity index (χ0n) is 19.0. The first kappa shape index (κ1) is 23.8. The van der Waals surface area contributed by atoms with Gasteiger partial charge in [-0.1, -0.05) is 0 Å². The average Bonchev–Trinajstić information content (AvgIpc) is 2.83. The van der Waals surface area contributed by atoms with Crippen molar-refractivity contribution in [2.45, 2.75) is 39.2 Å². The molecule has 1 aromatic rings. The number of piperidine rings is 1. The molecule has 0 bridgehead atoms. The van der Waals surface area contributed by atoms with Crippen LogP contribution in [0.2, 0.25) is 0 Å². The van der Waals surface area contributed by atoms with Gasteiger partial charge >= 0.3 is 0 Å². The number of nitrogens with zero attached hydrogens (tertiary/aromatic N) is 4. The fourth-order valence-electron chi connectivity index (χ4n) is 4.32. The Morgan fingerprint density at radius 1 is 1.03 bits per heavy atom. The maximum Gasteiger partial charge on any atom is 0.286 e. The summed E-state index contributed by atoms with van der Waals surface area (Å²) in [6.45, 7) is 7.51. The maximum atomic E-state index is 13.2. The molecule has 1 unspecified atom stereocenters. The molecule has 2 fully saturated rings. The smallest absolute Gasteiger partial charge is 0.286 e. The molecule has 0 spiro atoms. The van der Waals surface area contributed by atoms with E-state index in [4.69, 9.17) is 9.47 Å². The number of piperazine rings is 1. The zero-order chi connectivity index (χ0) is 23.3. The highest BCUT2D eigenvalue weighted by atomic mass is 16.6. The van der Waals surface area contributed by atoms with Crippen LogP contribution in [0.1, 0.15) is 43.5 Å². The summed E-state index contributed by atoms with van der Waals surface area (Å²) in [6, 6.07) is 2.37. The predicted molar refractivity (Wildman–Crippen MR) is 118 cm³/mol. The van der Waals surface area contributed by atoms with Crippen LogP contribution in [-0.2, 0) is 4.79 Å². The van der Waals surface area contributed by atoms with Crippen LogP contribution in [0.4, 0.5) is 5.69 Å². The second-order valence-electron chi connectivity index (χ2n) is 8.10. The number of ether oxygens (including phenoxy) is 2. The highest BCUT2D eigenvalue weighted by molar-refractivity contribution is 5.99. The highest BCUT2D eigenvalue weighted by Crippen LogP contribution is 2.35. The van der Waals surface area contributed by atoms with Gasteiger partial charge in [0.2, 0.25) is 5.91 Å². The molecule has 10 heteroatoms. The Balaban J connectivity index is 1.70. The minimum atomic E-state index is -0.582. The lowest BCUT2D eigenvalue weighted by Crippen LogP contribution is -2.56. The second-order valence-corrected chi connectivity index (χ2v) is 8.10. The minimum absolute atomic E-state index is 0.0230. The van der Waals surface area contributed by atoms with Crippen LogP contribution in [0.15, 0.2) is 12.1 Å². The number of likely N-dealkylation sites (tertiary alicyclic amines) is 1. The third-order valence-electron chi connectivity index (χ3n) is 6.18. The van der Waals surface area contributed by atoms with Crippen molar-refractivity contribution in [2.75, 3.05) is 53.0 Å². The molecule has 2 saturated heterocycles. The fraction of sp³-hybridized carbons (Fsp3) is 0.636. The lowest BCUT2D eigenvalue weighted by Gasteiger charge is -2.39. The van der Waals surface area contributed by atoms with Gasteiger partial charge < -0.3 is 19.3 Å². The Morgan fingerprint density at radius 3 is 2.25 bits per heavy atom. The van der Waals surface area contributed by atoms with E-state index in [0.29, 0.717) is 38.5 Å². The van der Waals surface area contributed by atoms with Crippen molar-refractivity contribution in [3.8, 4) is 11.5 Å². The number of rotatable bonds is 7. The van der Waals surface area contributed by atoms with E-state index < -0.39 is 10.8 Å². The number of carbonyl (C=O) groups excluding carboxylic acids is 2. The molecule has 0 aliphatic carbocycles. The quantitative estimate of drug-likeness (QED) is 0.465. The van der Waals surface area contributed by atoms with E-state index in [9.17, 15) is 19.7 Å². The van der Waals surface area contributed by atoms with E-state index in [2.05, 4.69) is 4.90 Å². The van der Waals surface area contributed by atoms with Gasteiger partial charge in [0, 0.05) is 45.3 Å². The first-order valence-corrected chi connectivity index (χ1v) is 11.2. The van der Waals surface area contributed by atoms with Crippen LogP contribution < -0.4 is 9.47 Å². The van der Waals surface area contributed by atoms with Crippen molar-refractivity contribution >= 4 is 17.5 Å². The summed E-state index contributed by atoms with van der Waals surface area (Å²) in [7, 11) is 1.40. The van der Waals surface area contributed by atoms with Gasteiger partial charge in [0.05, 0.1) is 30.7 Å². The molecule has 32 heavy (non-hydrogen) atoms. The summed E-state index contributed by atoms with van der Waals surface area (Å²) in [6.07, 6.45) is 3.26. The third kappa shape index (κ3) is 5.12. The zero-order valence-corrected chi connectivity index (χ0v) is 19.0. The van der Waals surface area contributed by atoms with Gasteiger partial charge in [0.15, 0.2) is 11.5 Å². The number of nitro benzene ring substituents is 1. The largest absolute Gasteiger partial charge is 0.493 e. The number of nitro groups is 1. The SMILES string of the molecule is CCOc1cc(C(=O)N2CCN(C(C)C(=O)N3CCCCC3)CC2)c([N+](=O)[O-])cc1OC. The van der Waals surface area contributed by atoms with Crippen LogP contribution in [-0.4, -0.2) is 90.5 Å². The molecule has 2 heterocycles. The van der Waals surface area contributed by atoms with Gasteiger partial charge in [0.25, 0.3) is 11.6 Å². The number of amides is 2. The third-order valence-corrected chi connectivity index (χ3v) is 6.18. The molecule has 2 aliphatic heterocycles. The van der Waals surface area contributed by atoms with Crippen LogP contribution in [0, 0.1) is 10.1 Å². The monoisotopic (exact) mass is 448 g/mol. The molecule has 176 valence electrons. The van der Waals surface area contributed by atoms with Crippen LogP contribution in [0.5, 0.6) is 11.5 Å². The van der Waals surface area contributed by atoms with Crippen molar-refractivity contribution in [3.05, 3.63) is 27.8 Å². The van der Waals surface area contributed by atoms with Gasteiger partial charge in [-0.25, -0.2) is 0 Å². The predicted octanol–water partition coefficient (Wildman–Crippen LogP) is 2.16.